The Morgan fingerprint density at radius 1 is 1.17 bits per heavy atom. The molecule has 0 saturated heterocycles. The summed E-state index contributed by atoms with van der Waals surface area (Å²) < 4.78 is 16.4. The standard InChI is InChI=1S/C23H27NO5/c1-13-6-8-20(23-18(25)10-14(2)22(13)23)29-12-21(26)24-15(3)17-11-16(27-4)7-9-19(17)28-5/h6-9,11,14-15H,10,12H2,1-5H3,(H,24,26)/t14-,15-/m0/s1. The van der Waals surface area contributed by atoms with E-state index in [2.05, 4.69) is 5.32 Å². The number of Topliss-reactive ketones (excluding diaryl/α,β-unsaturated/α-hetero) is 1. The van der Waals surface area contributed by atoms with Crippen LogP contribution >= 0.6 is 0 Å². The molecule has 2 aromatic rings. The second-order valence-electron chi connectivity index (χ2n) is 7.38. The number of nitrogens with one attached hydrogen (secondary N) is 1. The van der Waals surface area contributed by atoms with Gasteiger partial charge in [-0.2, -0.15) is 0 Å². The lowest BCUT2D eigenvalue weighted by molar-refractivity contribution is -0.123. The fraction of sp³-hybridized carbons (Fsp3) is 0.391. The van der Waals surface area contributed by atoms with E-state index in [1.165, 1.54) is 0 Å². The van der Waals surface area contributed by atoms with Crippen LogP contribution in [0.25, 0.3) is 0 Å². The Labute approximate surface area is 171 Å². The van der Waals surface area contributed by atoms with Gasteiger partial charge in [0.25, 0.3) is 5.91 Å². The molecule has 2 atom stereocenters. The summed E-state index contributed by atoms with van der Waals surface area (Å²) in [6.07, 6.45) is 0.482. The Morgan fingerprint density at radius 2 is 1.90 bits per heavy atom. The third-order valence-corrected chi connectivity index (χ3v) is 5.33. The van der Waals surface area contributed by atoms with Crippen molar-refractivity contribution >= 4 is 11.7 Å². The third kappa shape index (κ3) is 4.21. The van der Waals surface area contributed by atoms with Crippen molar-refractivity contribution in [3.63, 3.8) is 0 Å². The minimum atomic E-state index is -0.304. The molecule has 154 valence electrons. The molecule has 0 unspecified atom stereocenters. The number of methoxy groups -OCH3 is 2. The summed E-state index contributed by atoms with van der Waals surface area (Å²) in [5.41, 5.74) is 3.53. The minimum Gasteiger partial charge on any atom is -0.497 e. The average molecular weight is 397 g/mol. The summed E-state index contributed by atoms with van der Waals surface area (Å²) >= 11 is 0. The number of carbonyl (C=O) groups excluding carboxylic acids is 2. The lowest BCUT2D eigenvalue weighted by atomic mass is 9.97. The molecule has 1 aliphatic rings. The smallest absolute Gasteiger partial charge is 0.258 e. The van der Waals surface area contributed by atoms with Crippen molar-refractivity contribution in [3.8, 4) is 17.2 Å². The normalized spacial score (nSPS) is 16.2. The SMILES string of the molecule is COc1ccc(OC)c([C@H](C)NC(=O)COc2ccc(C)c3c2C(=O)C[C@@H]3C)c1. The lowest BCUT2D eigenvalue weighted by Gasteiger charge is -2.19. The number of fused-ring (bicyclic) bond motifs is 1. The summed E-state index contributed by atoms with van der Waals surface area (Å²) in [4.78, 5) is 24.9. The molecule has 0 bridgehead atoms. The van der Waals surface area contributed by atoms with Gasteiger partial charge in [-0.1, -0.05) is 13.0 Å². The van der Waals surface area contributed by atoms with E-state index in [0.29, 0.717) is 29.2 Å². The molecular formula is C23H27NO5. The topological polar surface area (TPSA) is 73.9 Å². The maximum atomic E-state index is 12.5. The predicted molar refractivity (Wildman–Crippen MR) is 110 cm³/mol. The van der Waals surface area contributed by atoms with Crippen molar-refractivity contribution < 1.29 is 23.8 Å². The largest absolute Gasteiger partial charge is 0.497 e. The predicted octanol–water partition coefficient (Wildman–Crippen LogP) is 3.96. The lowest BCUT2D eigenvalue weighted by Crippen LogP contribution is -2.31. The summed E-state index contributed by atoms with van der Waals surface area (Å²) in [5.74, 6) is 1.78. The van der Waals surface area contributed by atoms with E-state index >= 15 is 0 Å². The molecule has 3 rings (SSSR count). The minimum absolute atomic E-state index is 0.0705. The number of ether oxygens (including phenoxy) is 3. The van der Waals surface area contributed by atoms with Gasteiger partial charge < -0.3 is 19.5 Å². The van der Waals surface area contributed by atoms with Crippen LogP contribution in [-0.4, -0.2) is 32.5 Å². The van der Waals surface area contributed by atoms with Gasteiger partial charge in [-0.25, -0.2) is 0 Å². The second kappa shape index (κ2) is 8.55. The Kier molecular flexibility index (Phi) is 6.11. The molecule has 0 fully saturated rings. The van der Waals surface area contributed by atoms with Crippen LogP contribution in [0.4, 0.5) is 0 Å². The molecule has 0 aromatic heterocycles. The first-order valence-electron chi connectivity index (χ1n) is 9.66. The molecule has 0 radical (unpaired) electrons. The van der Waals surface area contributed by atoms with Gasteiger partial charge in [0.05, 0.1) is 25.8 Å². The zero-order valence-electron chi connectivity index (χ0n) is 17.5. The molecule has 2 aromatic carbocycles. The van der Waals surface area contributed by atoms with Crippen LogP contribution < -0.4 is 19.5 Å². The van der Waals surface area contributed by atoms with Crippen molar-refractivity contribution in [3.05, 3.63) is 52.6 Å². The van der Waals surface area contributed by atoms with Crippen LogP contribution in [0.1, 0.15) is 59.3 Å². The fourth-order valence-electron chi connectivity index (χ4n) is 3.91. The first kappa shape index (κ1) is 20.7. The third-order valence-electron chi connectivity index (χ3n) is 5.33. The highest BCUT2D eigenvalue weighted by atomic mass is 16.5. The van der Waals surface area contributed by atoms with Crippen LogP contribution in [-0.2, 0) is 4.79 Å². The zero-order chi connectivity index (χ0) is 21.1. The molecule has 1 N–H and O–H groups in total. The van der Waals surface area contributed by atoms with E-state index < -0.39 is 0 Å². The van der Waals surface area contributed by atoms with Crippen molar-refractivity contribution in [2.45, 2.75) is 39.2 Å². The van der Waals surface area contributed by atoms with Crippen molar-refractivity contribution in [1.82, 2.24) is 5.32 Å². The molecule has 0 saturated carbocycles. The van der Waals surface area contributed by atoms with Gasteiger partial charge in [0, 0.05) is 12.0 Å². The van der Waals surface area contributed by atoms with Gasteiger partial charge in [-0.05, 0) is 55.2 Å². The second-order valence-corrected chi connectivity index (χ2v) is 7.38. The van der Waals surface area contributed by atoms with Crippen molar-refractivity contribution in [1.29, 1.82) is 0 Å². The maximum absolute atomic E-state index is 12.5. The van der Waals surface area contributed by atoms with Crippen molar-refractivity contribution in [2.75, 3.05) is 20.8 Å². The fourth-order valence-corrected chi connectivity index (χ4v) is 3.91. The van der Waals surface area contributed by atoms with E-state index in [4.69, 9.17) is 14.2 Å². The summed E-state index contributed by atoms with van der Waals surface area (Å²) in [5, 5.41) is 2.91. The van der Waals surface area contributed by atoms with Crippen LogP contribution in [0.2, 0.25) is 0 Å². The van der Waals surface area contributed by atoms with Crippen LogP contribution in [0.15, 0.2) is 30.3 Å². The highest BCUT2D eigenvalue weighted by Gasteiger charge is 2.31. The first-order chi connectivity index (χ1) is 13.8. The Bertz CT molecular complexity index is 937. The maximum Gasteiger partial charge on any atom is 0.258 e. The summed E-state index contributed by atoms with van der Waals surface area (Å²) in [6, 6.07) is 8.83. The van der Waals surface area contributed by atoms with Crippen LogP contribution in [0.5, 0.6) is 17.2 Å². The highest BCUT2D eigenvalue weighted by molar-refractivity contribution is 6.04. The Balaban J connectivity index is 1.70. The van der Waals surface area contributed by atoms with Gasteiger partial charge in [0.2, 0.25) is 0 Å². The molecule has 6 heteroatoms. The number of rotatable bonds is 7. The number of hydrogen-bond donors (Lipinski definition) is 1. The quantitative estimate of drug-likeness (QED) is 0.766. The molecule has 6 nitrogen and oxygen atoms in total. The number of ketones is 1. The first-order valence-corrected chi connectivity index (χ1v) is 9.66. The monoisotopic (exact) mass is 397 g/mol. The molecule has 0 spiro atoms. The molecular weight excluding hydrogens is 370 g/mol. The summed E-state index contributed by atoms with van der Waals surface area (Å²) in [6.45, 7) is 5.72. The number of aryl methyl sites for hydroxylation is 1. The van der Waals surface area contributed by atoms with Crippen molar-refractivity contribution in [2.24, 2.45) is 0 Å². The number of hydrogen-bond acceptors (Lipinski definition) is 5. The molecule has 1 amide bonds. The number of amides is 1. The van der Waals surface area contributed by atoms with E-state index in [0.717, 1.165) is 16.7 Å². The zero-order valence-corrected chi connectivity index (χ0v) is 17.5. The van der Waals surface area contributed by atoms with Gasteiger partial charge in [0.15, 0.2) is 12.4 Å². The van der Waals surface area contributed by atoms with E-state index in [-0.39, 0.29) is 30.3 Å². The highest BCUT2D eigenvalue weighted by Crippen LogP contribution is 2.40. The van der Waals surface area contributed by atoms with Gasteiger partial charge >= 0.3 is 0 Å². The van der Waals surface area contributed by atoms with E-state index in [9.17, 15) is 9.59 Å². The number of carbonyl (C=O) groups is 2. The molecule has 0 heterocycles. The van der Waals surface area contributed by atoms with Gasteiger partial charge in [-0.15, -0.1) is 0 Å². The van der Waals surface area contributed by atoms with Crippen LogP contribution in [0.3, 0.4) is 0 Å². The Hall–Kier alpha value is -3.02. The van der Waals surface area contributed by atoms with E-state index in [1.807, 2.05) is 32.9 Å². The average Bonchev–Trinajstić information content (AvgIpc) is 3.02. The summed E-state index contributed by atoms with van der Waals surface area (Å²) in [7, 11) is 3.17. The Morgan fingerprint density at radius 3 is 2.59 bits per heavy atom. The van der Waals surface area contributed by atoms with Gasteiger partial charge in [-0.3, -0.25) is 9.59 Å². The molecule has 1 aliphatic carbocycles. The van der Waals surface area contributed by atoms with Gasteiger partial charge in [0.1, 0.15) is 17.2 Å². The van der Waals surface area contributed by atoms with Crippen LogP contribution in [0, 0.1) is 6.92 Å². The molecule has 0 aliphatic heterocycles. The molecule has 29 heavy (non-hydrogen) atoms. The number of benzene rings is 2. The van der Waals surface area contributed by atoms with E-state index in [1.54, 1.807) is 32.4 Å².